The monoisotopic (exact) mass is 348 g/mol. The van der Waals surface area contributed by atoms with Crippen LogP contribution in [0.2, 0.25) is 0 Å². The third kappa shape index (κ3) is 4.70. The van der Waals surface area contributed by atoms with Gasteiger partial charge >= 0.3 is 5.97 Å². The highest BCUT2D eigenvalue weighted by molar-refractivity contribution is 5.94. The summed E-state index contributed by atoms with van der Waals surface area (Å²) in [6.45, 7) is 1.09. The van der Waals surface area contributed by atoms with E-state index >= 15 is 0 Å². The molecule has 1 aromatic carbocycles. The van der Waals surface area contributed by atoms with E-state index in [0.29, 0.717) is 18.7 Å². The van der Waals surface area contributed by atoms with Gasteiger partial charge in [0.15, 0.2) is 6.61 Å². The summed E-state index contributed by atoms with van der Waals surface area (Å²) in [5.41, 5.74) is 1.47. The van der Waals surface area contributed by atoms with E-state index in [1.807, 2.05) is 30.3 Å². The van der Waals surface area contributed by atoms with Crippen LogP contribution in [0.3, 0.4) is 0 Å². The van der Waals surface area contributed by atoms with Crippen molar-refractivity contribution in [3.05, 3.63) is 66.0 Å². The van der Waals surface area contributed by atoms with E-state index < -0.39 is 0 Å². The smallest absolute Gasteiger partial charge is 0.311 e. The number of aromatic nitrogens is 1. The van der Waals surface area contributed by atoms with Crippen LogP contribution >= 0.6 is 0 Å². The van der Waals surface area contributed by atoms with Crippen LogP contribution in [-0.2, 0) is 9.53 Å². The number of hydrogen-bond donors (Lipinski definition) is 0. The van der Waals surface area contributed by atoms with Gasteiger partial charge < -0.3 is 9.64 Å². The molecule has 0 radical (unpaired) electrons. The Bertz CT molecular complexity index is 809. The molecule has 1 amide bonds. The van der Waals surface area contributed by atoms with Gasteiger partial charge in [0.25, 0.3) is 5.91 Å². The van der Waals surface area contributed by atoms with Crippen LogP contribution in [0.15, 0.2) is 54.9 Å². The lowest BCUT2D eigenvalue weighted by atomic mass is 9.97. The first-order chi connectivity index (χ1) is 12.7. The first-order valence-corrected chi connectivity index (χ1v) is 8.64. The Morgan fingerprint density at radius 2 is 1.92 bits per heavy atom. The summed E-state index contributed by atoms with van der Waals surface area (Å²) in [5.74, 6) is 5.14. The summed E-state index contributed by atoms with van der Waals surface area (Å²) >= 11 is 0. The molecule has 2 heterocycles. The number of benzene rings is 1. The van der Waals surface area contributed by atoms with Gasteiger partial charge in [-0.3, -0.25) is 14.6 Å². The van der Waals surface area contributed by atoms with Gasteiger partial charge in [-0.1, -0.05) is 30.0 Å². The summed E-state index contributed by atoms with van der Waals surface area (Å²) < 4.78 is 5.28. The maximum atomic E-state index is 12.5. The molecule has 2 aromatic rings. The maximum Gasteiger partial charge on any atom is 0.311 e. The van der Waals surface area contributed by atoms with Crippen LogP contribution in [0.4, 0.5) is 0 Å². The molecule has 1 saturated heterocycles. The predicted octanol–water partition coefficient (Wildman–Crippen LogP) is 2.53. The van der Waals surface area contributed by atoms with Gasteiger partial charge in [-0.2, -0.15) is 0 Å². The minimum absolute atomic E-state index is 0.0581. The molecule has 1 atom stereocenters. The zero-order valence-corrected chi connectivity index (χ0v) is 14.4. The summed E-state index contributed by atoms with van der Waals surface area (Å²) in [7, 11) is 0. The van der Waals surface area contributed by atoms with Crippen molar-refractivity contribution in [3.63, 3.8) is 0 Å². The zero-order chi connectivity index (χ0) is 18.2. The quantitative estimate of drug-likeness (QED) is 0.632. The molecule has 0 spiro atoms. The highest BCUT2D eigenvalue weighted by Gasteiger charge is 2.29. The SMILES string of the molecule is O=C(OCC#Cc1ccccc1)[C@H]1CCCN(C(=O)c2ccncc2)C1. The minimum atomic E-state index is -0.298. The van der Waals surface area contributed by atoms with Crippen LogP contribution in [0.25, 0.3) is 0 Å². The van der Waals surface area contributed by atoms with E-state index in [1.165, 1.54) is 0 Å². The lowest BCUT2D eigenvalue weighted by molar-refractivity contribution is -0.148. The fraction of sp³-hybridized carbons (Fsp3) is 0.286. The van der Waals surface area contributed by atoms with E-state index in [2.05, 4.69) is 16.8 Å². The van der Waals surface area contributed by atoms with Gasteiger partial charge in [-0.05, 0) is 37.1 Å². The van der Waals surface area contributed by atoms with Gasteiger partial charge in [0, 0.05) is 36.6 Å². The summed E-state index contributed by atoms with van der Waals surface area (Å²) in [5, 5.41) is 0. The molecule has 5 heteroatoms. The standard InChI is InChI=1S/C21H20N2O3/c24-20(18-10-12-22-13-11-18)23-14-4-9-19(16-23)21(25)26-15-5-8-17-6-2-1-3-7-17/h1-3,6-7,10-13,19H,4,9,14-16H2/t19-/m0/s1. The van der Waals surface area contributed by atoms with Crippen LogP contribution in [0.1, 0.15) is 28.8 Å². The van der Waals surface area contributed by atoms with Crippen molar-refractivity contribution in [1.29, 1.82) is 0 Å². The fourth-order valence-electron chi connectivity index (χ4n) is 2.92. The topological polar surface area (TPSA) is 59.5 Å². The molecule has 26 heavy (non-hydrogen) atoms. The third-order valence-electron chi connectivity index (χ3n) is 4.26. The number of piperidine rings is 1. The number of esters is 1. The van der Waals surface area contributed by atoms with Gasteiger partial charge in [0.1, 0.15) is 0 Å². The molecule has 3 rings (SSSR count). The van der Waals surface area contributed by atoms with Crippen LogP contribution in [-0.4, -0.2) is 41.5 Å². The molecule has 1 aliphatic rings. The normalized spacial score (nSPS) is 16.3. The fourth-order valence-corrected chi connectivity index (χ4v) is 2.92. The van der Waals surface area contributed by atoms with Crippen molar-refractivity contribution < 1.29 is 14.3 Å². The molecule has 0 unspecified atom stereocenters. The number of likely N-dealkylation sites (tertiary alicyclic amines) is 1. The summed E-state index contributed by atoms with van der Waals surface area (Å²) in [6.07, 6.45) is 4.69. The Kier molecular flexibility index (Phi) is 6.00. The first-order valence-electron chi connectivity index (χ1n) is 8.64. The Morgan fingerprint density at radius 1 is 1.15 bits per heavy atom. The van der Waals surface area contributed by atoms with E-state index in [0.717, 1.165) is 18.4 Å². The average Bonchev–Trinajstić information content (AvgIpc) is 2.72. The summed E-state index contributed by atoms with van der Waals surface area (Å²) in [4.78, 5) is 30.4. The number of nitrogens with zero attached hydrogens (tertiary/aromatic N) is 2. The number of carbonyl (C=O) groups is 2. The first kappa shape index (κ1) is 17.7. The van der Waals surface area contributed by atoms with Crippen LogP contribution in [0, 0.1) is 17.8 Å². The Hall–Kier alpha value is -3.13. The van der Waals surface area contributed by atoms with Gasteiger partial charge in [0.05, 0.1) is 5.92 Å². The van der Waals surface area contributed by atoms with Crippen molar-refractivity contribution in [2.24, 2.45) is 5.92 Å². The second-order valence-corrected chi connectivity index (χ2v) is 6.10. The zero-order valence-electron chi connectivity index (χ0n) is 14.4. The second-order valence-electron chi connectivity index (χ2n) is 6.10. The highest BCUT2D eigenvalue weighted by atomic mass is 16.5. The van der Waals surface area contributed by atoms with Crippen molar-refractivity contribution in [2.45, 2.75) is 12.8 Å². The third-order valence-corrected chi connectivity index (χ3v) is 4.26. The van der Waals surface area contributed by atoms with E-state index in [1.54, 1.807) is 29.4 Å². The number of carbonyl (C=O) groups excluding carboxylic acids is 2. The van der Waals surface area contributed by atoms with Gasteiger partial charge in [-0.25, -0.2) is 0 Å². The molecule has 1 fully saturated rings. The maximum absolute atomic E-state index is 12.5. The summed E-state index contributed by atoms with van der Waals surface area (Å²) in [6, 6.07) is 12.9. The van der Waals surface area contributed by atoms with Crippen molar-refractivity contribution in [3.8, 4) is 11.8 Å². The Labute approximate surface area is 153 Å². The highest BCUT2D eigenvalue weighted by Crippen LogP contribution is 2.19. The van der Waals surface area contributed by atoms with E-state index in [-0.39, 0.29) is 24.4 Å². The molecule has 0 N–H and O–H groups in total. The molecule has 1 aromatic heterocycles. The van der Waals surface area contributed by atoms with Crippen molar-refractivity contribution in [2.75, 3.05) is 19.7 Å². The molecule has 0 bridgehead atoms. The Balaban J connectivity index is 1.52. The molecule has 0 aliphatic carbocycles. The van der Waals surface area contributed by atoms with Gasteiger partial charge in [0.2, 0.25) is 0 Å². The van der Waals surface area contributed by atoms with Crippen molar-refractivity contribution in [1.82, 2.24) is 9.88 Å². The molecule has 1 aliphatic heterocycles. The number of amides is 1. The molecule has 132 valence electrons. The second kappa shape index (κ2) is 8.82. The van der Waals surface area contributed by atoms with Gasteiger partial charge in [-0.15, -0.1) is 0 Å². The number of hydrogen-bond acceptors (Lipinski definition) is 4. The predicted molar refractivity (Wildman–Crippen MR) is 97.1 cm³/mol. The lowest BCUT2D eigenvalue weighted by Gasteiger charge is -2.31. The lowest BCUT2D eigenvalue weighted by Crippen LogP contribution is -2.42. The van der Waals surface area contributed by atoms with E-state index in [4.69, 9.17) is 4.74 Å². The number of pyridine rings is 1. The average molecular weight is 348 g/mol. The Morgan fingerprint density at radius 3 is 2.69 bits per heavy atom. The van der Waals surface area contributed by atoms with E-state index in [9.17, 15) is 9.59 Å². The largest absolute Gasteiger partial charge is 0.452 e. The molecule has 0 saturated carbocycles. The number of ether oxygens (including phenoxy) is 1. The molecular weight excluding hydrogens is 328 g/mol. The van der Waals surface area contributed by atoms with Crippen LogP contribution < -0.4 is 0 Å². The minimum Gasteiger partial charge on any atom is -0.452 e. The van der Waals surface area contributed by atoms with Crippen molar-refractivity contribution >= 4 is 11.9 Å². The number of rotatable bonds is 3. The molecular formula is C21H20N2O3. The van der Waals surface area contributed by atoms with Crippen LogP contribution in [0.5, 0.6) is 0 Å². The molecule has 5 nitrogen and oxygen atoms in total.